The highest BCUT2D eigenvalue weighted by atomic mass is 79.9. The van der Waals surface area contributed by atoms with E-state index in [4.69, 9.17) is 4.74 Å². The van der Waals surface area contributed by atoms with E-state index in [0.29, 0.717) is 6.54 Å². The predicted octanol–water partition coefficient (Wildman–Crippen LogP) is 2.15. The first-order chi connectivity index (χ1) is 8.11. The Morgan fingerprint density at radius 2 is 2.41 bits per heavy atom. The summed E-state index contributed by atoms with van der Waals surface area (Å²) in [6.45, 7) is 3.53. The van der Waals surface area contributed by atoms with Crippen LogP contribution in [0.1, 0.15) is 12.0 Å². The standard InChI is InChI=1S/C12H15BrN2O2/c1-8-5-10(13)11(14-6-8)15-4-3-9(7-15)12(16)17-2/h5-6,9H,3-4,7H2,1-2H3. The van der Waals surface area contributed by atoms with Gasteiger partial charge in [-0.3, -0.25) is 4.79 Å². The molecule has 0 N–H and O–H groups in total. The summed E-state index contributed by atoms with van der Waals surface area (Å²) < 4.78 is 5.74. The number of pyridine rings is 1. The number of hydrogen-bond donors (Lipinski definition) is 0. The third-order valence-electron chi connectivity index (χ3n) is 2.98. The van der Waals surface area contributed by atoms with Gasteiger partial charge >= 0.3 is 5.97 Å². The first-order valence-corrected chi connectivity index (χ1v) is 6.36. The van der Waals surface area contributed by atoms with Crippen molar-refractivity contribution in [2.75, 3.05) is 25.1 Å². The molecule has 1 saturated heterocycles. The van der Waals surface area contributed by atoms with Gasteiger partial charge in [-0.15, -0.1) is 0 Å². The molecule has 5 heteroatoms. The average Bonchev–Trinajstić information content (AvgIpc) is 2.77. The van der Waals surface area contributed by atoms with E-state index in [1.807, 2.05) is 19.2 Å². The van der Waals surface area contributed by atoms with E-state index in [9.17, 15) is 4.79 Å². The number of esters is 1. The van der Waals surface area contributed by atoms with Crippen LogP contribution in [0.25, 0.3) is 0 Å². The fraction of sp³-hybridized carbons (Fsp3) is 0.500. The van der Waals surface area contributed by atoms with Gasteiger partial charge in [0.25, 0.3) is 0 Å². The van der Waals surface area contributed by atoms with E-state index in [0.717, 1.165) is 28.8 Å². The highest BCUT2D eigenvalue weighted by molar-refractivity contribution is 9.10. The molecule has 0 aromatic carbocycles. The summed E-state index contributed by atoms with van der Waals surface area (Å²) in [5.41, 5.74) is 1.12. The Balaban J connectivity index is 2.12. The second-order valence-electron chi connectivity index (χ2n) is 4.27. The van der Waals surface area contributed by atoms with Crippen molar-refractivity contribution < 1.29 is 9.53 Å². The molecule has 0 amide bonds. The SMILES string of the molecule is COC(=O)C1CCN(c2ncc(C)cc2Br)C1. The highest BCUT2D eigenvalue weighted by Gasteiger charge is 2.30. The summed E-state index contributed by atoms with van der Waals surface area (Å²) >= 11 is 3.51. The monoisotopic (exact) mass is 298 g/mol. The predicted molar refractivity (Wildman–Crippen MR) is 69.0 cm³/mol. The van der Waals surface area contributed by atoms with Gasteiger partial charge in [-0.1, -0.05) is 0 Å². The molecule has 1 atom stereocenters. The molecule has 1 aliphatic heterocycles. The van der Waals surface area contributed by atoms with Crippen molar-refractivity contribution in [1.29, 1.82) is 0 Å². The molecule has 92 valence electrons. The summed E-state index contributed by atoms with van der Waals surface area (Å²) in [5, 5.41) is 0. The maximum absolute atomic E-state index is 11.4. The zero-order chi connectivity index (χ0) is 12.4. The van der Waals surface area contributed by atoms with Crippen LogP contribution in [0.2, 0.25) is 0 Å². The molecule has 0 aliphatic carbocycles. The Hall–Kier alpha value is -1.10. The summed E-state index contributed by atoms with van der Waals surface area (Å²) in [6.07, 6.45) is 2.67. The molecule has 0 saturated carbocycles. The number of aryl methyl sites for hydroxylation is 1. The quantitative estimate of drug-likeness (QED) is 0.785. The van der Waals surface area contributed by atoms with Crippen molar-refractivity contribution in [1.82, 2.24) is 4.98 Å². The molecule has 2 rings (SSSR count). The molecular weight excluding hydrogens is 284 g/mol. The Bertz CT molecular complexity index is 437. The molecule has 1 aromatic heterocycles. The molecule has 1 aromatic rings. The Kier molecular flexibility index (Phi) is 3.66. The van der Waals surface area contributed by atoms with E-state index in [1.165, 1.54) is 7.11 Å². The third-order valence-corrected chi connectivity index (χ3v) is 3.56. The Labute approximate surface area is 109 Å². The topological polar surface area (TPSA) is 42.4 Å². The molecule has 2 heterocycles. The lowest BCUT2D eigenvalue weighted by atomic mass is 10.1. The van der Waals surface area contributed by atoms with Crippen molar-refractivity contribution in [3.05, 3.63) is 22.3 Å². The number of ether oxygens (including phenoxy) is 1. The van der Waals surface area contributed by atoms with E-state index in [1.54, 1.807) is 0 Å². The fourth-order valence-corrected chi connectivity index (χ4v) is 2.78. The number of carbonyl (C=O) groups excluding carboxylic acids is 1. The van der Waals surface area contributed by atoms with Gasteiger partial charge in [0.05, 0.1) is 17.5 Å². The zero-order valence-corrected chi connectivity index (χ0v) is 11.5. The van der Waals surface area contributed by atoms with Crippen molar-refractivity contribution >= 4 is 27.7 Å². The van der Waals surface area contributed by atoms with Crippen LogP contribution in [0.5, 0.6) is 0 Å². The Morgan fingerprint density at radius 3 is 3.06 bits per heavy atom. The molecular formula is C12H15BrN2O2. The van der Waals surface area contributed by atoms with Crippen molar-refractivity contribution in [3.63, 3.8) is 0 Å². The van der Waals surface area contributed by atoms with Gasteiger partial charge < -0.3 is 9.64 Å². The lowest BCUT2D eigenvalue weighted by molar-refractivity contribution is -0.144. The normalized spacial score (nSPS) is 19.5. The van der Waals surface area contributed by atoms with Gasteiger partial charge in [-0.2, -0.15) is 0 Å². The molecule has 0 radical (unpaired) electrons. The van der Waals surface area contributed by atoms with E-state index < -0.39 is 0 Å². The van der Waals surface area contributed by atoms with Crippen LogP contribution in [0.15, 0.2) is 16.7 Å². The van der Waals surface area contributed by atoms with Gasteiger partial charge in [-0.25, -0.2) is 4.98 Å². The van der Waals surface area contributed by atoms with Crippen LogP contribution in [0.3, 0.4) is 0 Å². The summed E-state index contributed by atoms with van der Waals surface area (Å²) in [4.78, 5) is 18.0. The minimum absolute atomic E-state index is 0.0324. The van der Waals surface area contributed by atoms with Crippen LogP contribution in [-0.2, 0) is 9.53 Å². The number of anilines is 1. The fourth-order valence-electron chi connectivity index (χ4n) is 2.07. The summed E-state index contributed by atoms with van der Waals surface area (Å²) in [5.74, 6) is 0.743. The van der Waals surface area contributed by atoms with Crippen LogP contribution < -0.4 is 4.90 Å². The first kappa shape index (κ1) is 12.4. The number of carbonyl (C=O) groups is 1. The first-order valence-electron chi connectivity index (χ1n) is 5.56. The van der Waals surface area contributed by atoms with E-state index >= 15 is 0 Å². The second-order valence-corrected chi connectivity index (χ2v) is 5.13. The molecule has 1 aliphatic rings. The van der Waals surface area contributed by atoms with Crippen molar-refractivity contribution in [3.8, 4) is 0 Å². The molecule has 0 bridgehead atoms. The van der Waals surface area contributed by atoms with Crippen LogP contribution in [0.4, 0.5) is 5.82 Å². The van der Waals surface area contributed by atoms with Gasteiger partial charge in [0, 0.05) is 19.3 Å². The lowest BCUT2D eigenvalue weighted by Gasteiger charge is -2.18. The third kappa shape index (κ3) is 2.60. The highest BCUT2D eigenvalue weighted by Crippen LogP contribution is 2.29. The van der Waals surface area contributed by atoms with Crippen molar-refractivity contribution in [2.45, 2.75) is 13.3 Å². The number of hydrogen-bond acceptors (Lipinski definition) is 4. The zero-order valence-electron chi connectivity index (χ0n) is 9.94. The molecule has 4 nitrogen and oxygen atoms in total. The molecule has 0 spiro atoms. The molecule has 1 unspecified atom stereocenters. The molecule has 17 heavy (non-hydrogen) atoms. The minimum Gasteiger partial charge on any atom is -0.469 e. The lowest BCUT2D eigenvalue weighted by Crippen LogP contribution is -2.24. The second kappa shape index (κ2) is 5.04. The van der Waals surface area contributed by atoms with Gasteiger partial charge in [0.2, 0.25) is 0 Å². The van der Waals surface area contributed by atoms with Crippen molar-refractivity contribution in [2.24, 2.45) is 5.92 Å². The largest absolute Gasteiger partial charge is 0.469 e. The summed E-state index contributed by atoms with van der Waals surface area (Å²) in [6, 6.07) is 2.04. The van der Waals surface area contributed by atoms with E-state index in [-0.39, 0.29) is 11.9 Å². The van der Waals surface area contributed by atoms with Gasteiger partial charge in [0.15, 0.2) is 0 Å². The van der Waals surface area contributed by atoms with Gasteiger partial charge in [0.1, 0.15) is 5.82 Å². The number of nitrogens with zero attached hydrogens (tertiary/aromatic N) is 2. The van der Waals surface area contributed by atoms with Crippen LogP contribution in [0, 0.1) is 12.8 Å². The average molecular weight is 299 g/mol. The maximum atomic E-state index is 11.4. The Morgan fingerprint density at radius 1 is 1.65 bits per heavy atom. The summed E-state index contributed by atoms with van der Waals surface area (Å²) in [7, 11) is 1.44. The van der Waals surface area contributed by atoms with Crippen LogP contribution >= 0.6 is 15.9 Å². The van der Waals surface area contributed by atoms with Crippen LogP contribution in [-0.4, -0.2) is 31.2 Å². The van der Waals surface area contributed by atoms with Gasteiger partial charge in [-0.05, 0) is 40.9 Å². The molecule has 1 fully saturated rings. The minimum atomic E-state index is -0.129. The smallest absolute Gasteiger partial charge is 0.310 e. The number of halogens is 1. The maximum Gasteiger partial charge on any atom is 0.310 e. The van der Waals surface area contributed by atoms with E-state index in [2.05, 4.69) is 25.8 Å². The number of rotatable bonds is 2. The number of aromatic nitrogens is 1. The number of methoxy groups -OCH3 is 1.